The lowest BCUT2D eigenvalue weighted by Crippen LogP contribution is -2.38. The summed E-state index contributed by atoms with van der Waals surface area (Å²) in [6.45, 7) is 4.94. The lowest BCUT2D eigenvalue weighted by molar-refractivity contribution is -0.386. The van der Waals surface area contributed by atoms with Crippen molar-refractivity contribution in [3.05, 3.63) is 43.8 Å². The minimum absolute atomic E-state index is 0.0638. The third-order valence-electron chi connectivity index (χ3n) is 4.24. The summed E-state index contributed by atoms with van der Waals surface area (Å²) in [7, 11) is 1.25. The van der Waals surface area contributed by atoms with E-state index in [0.717, 1.165) is 10.4 Å². The van der Waals surface area contributed by atoms with Crippen molar-refractivity contribution >= 4 is 33.9 Å². The van der Waals surface area contributed by atoms with E-state index in [2.05, 4.69) is 10.6 Å². The highest BCUT2D eigenvalue weighted by Crippen LogP contribution is 2.44. The number of carbonyl (C=O) groups excluding carboxylic acids is 2. The van der Waals surface area contributed by atoms with Crippen molar-refractivity contribution in [2.24, 2.45) is 0 Å². The second-order valence-electron chi connectivity index (χ2n) is 5.92. The van der Waals surface area contributed by atoms with E-state index in [1.165, 1.54) is 37.5 Å². The number of hydrogen-bond donors (Lipinski definition) is 2. The maximum atomic E-state index is 12.5. The van der Waals surface area contributed by atoms with Crippen LogP contribution in [0.2, 0.25) is 0 Å². The van der Waals surface area contributed by atoms with Gasteiger partial charge in [-0.15, -0.1) is 11.3 Å². The van der Waals surface area contributed by atoms with Gasteiger partial charge in [0, 0.05) is 11.8 Å². The molecule has 10 heteroatoms. The number of benzene rings is 1. The molecule has 1 atom stereocenters. The predicted octanol–water partition coefficient (Wildman–Crippen LogP) is 3.06. The molecule has 2 aromatic rings. The number of hydrogen-bond acceptors (Lipinski definition) is 8. The third kappa shape index (κ3) is 3.19. The molecule has 1 aromatic heterocycles. The lowest BCUT2D eigenvalue weighted by Gasteiger charge is -2.26. The fourth-order valence-electron chi connectivity index (χ4n) is 2.95. The van der Waals surface area contributed by atoms with Crippen LogP contribution < -0.4 is 20.1 Å². The van der Waals surface area contributed by atoms with Crippen LogP contribution in [0.15, 0.2) is 12.1 Å². The van der Waals surface area contributed by atoms with Crippen LogP contribution >= 0.6 is 11.3 Å². The maximum absolute atomic E-state index is 12.5. The average Bonchev–Trinajstić information content (AvgIpc) is 2.88. The molecule has 27 heavy (non-hydrogen) atoms. The first kappa shape index (κ1) is 18.6. The van der Waals surface area contributed by atoms with Crippen LogP contribution in [0, 0.1) is 24.0 Å². The first-order valence-electron chi connectivity index (χ1n) is 7.95. The van der Waals surface area contributed by atoms with Gasteiger partial charge in [-0.2, -0.15) is 0 Å². The van der Waals surface area contributed by atoms with Crippen LogP contribution in [0.1, 0.15) is 39.5 Å². The Morgan fingerprint density at radius 3 is 2.59 bits per heavy atom. The fourth-order valence-corrected chi connectivity index (χ4v) is 4.04. The molecule has 0 fully saturated rings. The van der Waals surface area contributed by atoms with E-state index in [9.17, 15) is 19.7 Å². The summed E-state index contributed by atoms with van der Waals surface area (Å²) in [6, 6.07) is 2.83. The van der Waals surface area contributed by atoms with E-state index in [4.69, 9.17) is 9.47 Å². The summed E-state index contributed by atoms with van der Waals surface area (Å²) in [5.74, 6) is -1.19. The van der Waals surface area contributed by atoms with Crippen molar-refractivity contribution in [3.8, 4) is 11.5 Å². The van der Waals surface area contributed by atoms with E-state index in [-0.39, 0.29) is 28.7 Å². The van der Waals surface area contributed by atoms with Crippen molar-refractivity contribution in [3.63, 3.8) is 0 Å². The van der Waals surface area contributed by atoms with Crippen LogP contribution in [-0.2, 0) is 4.79 Å². The number of nitrogens with one attached hydrogen (secondary N) is 2. The molecule has 1 aromatic carbocycles. The van der Waals surface area contributed by atoms with E-state index in [0.29, 0.717) is 10.6 Å². The van der Waals surface area contributed by atoms with Crippen LogP contribution in [0.5, 0.6) is 11.5 Å². The molecule has 142 valence electrons. The molecule has 3 rings (SSSR count). The van der Waals surface area contributed by atoms with E-state index >= 15 is 0 Å². The van der Waals surface area contributed by atoms with Crippen molar-refractivity contribution in [1.29, 1.82) is 0 Å². The highest BCUT2D eigenvalue weighted by molar-refractivity contribution is 7.16. The van der Waals surface area contributed by atoms with Crippen molar-refractivity contribution < 1.29 is 24.0 Å². The van der Waals surface area contributed by atoms with Gasteiger partial charge in [0.25, 0.3) is 5.91 Å². The molecule has 1 aliphatic rings. The van der Waals surface area contributed by atoms with Gasteiger partial charge in [-0.25, -0.2) is 0 Å². The molecular weight excluding hydrogens is 374 g/mol. The minimum Gasteiger partial charge on any atom is -0.488 e. The molecule has 0 aliphatic carbocycles. The molecule has 0 spiro atoms. The zero-order valence-electron chi connectivity index (χ0n) is 15.0. The number of nitro benzene ring substituents is 1. The summed E-state index contributed by atoms with van der Waals surface area (Å²) >= 11 is 1.41. The number of aryl methyl sites for hydroxylation is 1. The van der Waals surface area contributed by atoms with Crippen molar-refractivity contribution in [2.45, 2.75) is 26.9 Å². The number of rotatable bonds is 4. The molecule has 2 heterocycles. The molecule has 2 N–H and O–H groups in total. The Hall–Kier alpha value is -3.14. The molecule has 1 amide bonds. The molecule has 0 radical (unpaired) electrons. The zero-order valence-corrected chi connectivity index (χ0v) is 15.9. The molecule has 0 saturated carbocycles. The smallest absolute Gasteiger partial charge is 0.322 e. The quantitative estimate of drug-likeness (QED) is 0.356. The topological polar surface area (TPSA) is 120 Å². The van der Waals surface area contributed by atoms with Gasteiger partial charge in [0.2, 0.25) is 5.75 Å². The Kier molecular flexibility index (Phi) is 4.75. The second kappa shape index (κ2) is 6.88. The van der Waals surface area contributed by atoms with Crippen LogP contribution in [-0.4, -0.2) is 23.9 Å². The molecule has 0 bridgehead atoms. The van der Waals surface area contributed by atoms with Crippen LogP contribution in [0.4, 0.5) is 10.7 Å². The number of thiophene rings is 1. The fraction of sp³-hybridized carbons (Fsp3) is 0.294. The predicted molar refractivity (Wildman–Crippen MR) is 98.6 cm³/mol. The van der Waals surface area contributed by atoms with Gasteiger partial charge in [0.15, 0.2) is 5.75 Å². The van der Waals surface area contributed by atoms with Crippen LogP contribution in [0.25, 0.3) is 0 Å². The van der Waals surface area contributed by atoms with Gasteiger partial charge in [0.1, 0.15) is 11.2 Å². The Labute approximate surface area is 158 Å². The van der Waals surface area contributed by atoms with Gasteiger partial charge in [-0.05, 0) is 31.5 Å². The van der Waals surface area contributed by atoms with Gasteiger partial charge < -0.3 is 20.1 Å². The Bertz CT molecular complexity index is 968. The highest BCUT2D eigenvalue weighted by Gasteiger charge is 2.35. The first-order valence-corrected chi connectivity index (χ1v) is 8.77. The summed E-state index contributed by atoms with van der Waals surface area (Å²) in [5.41, 5.74) is 1.22. The van der Waals surface area contributed by atoms with Gasteiger partial charge in [0.05, 0.1) is 23.2 Å². The lowest BCUT2D eigenvalue weighted by atomic mass is 10.0. The number of carbonyl (C=O) groups is 2. The summed E-state index contributed by atoms with van der Waals surface area (Å²) in [4.78, 5) is 35.9. The number of nitro groups is 1. The monoisotopic (exact) mass is 391 g/mol. The molecule has 9 nitrogen and oxygen atoms in total. The summed E-state index contributed by atoms with van der Waals surface area (Å²) in [5, 5.41) is 18.2. The average molecular weight is 391 g/mol. The molecule has 0 unspecified atom stereocenters. The highest BCUT2D eigenvalue weighted by atomic mass is 32.1. The standard InChI is InChI=1S/C17H17N3O6S/c1-7-8(2)27-17-12(7)16(22)18-15(19-17)10-5-6-11(26-9(3)21)14(25-4)13(10)20(23)24/h5-6,15,19H,1-4H3,(H,18,22)/t15-/m0/s1. The normalized spacial score (nSPS) is 15.4. The first-order chi connectivity index (χ1) is 12.7. The number of esters is 1. The van der Waals surface area contributed by atoms with Crippen molar-refractivity contribution in [2.75, 3.05) is 12.4 Å². The van der Waals surface area contributed by atoms with Crippen molar-refractivity contribution in [1.82, 2.24) is 5.32 Å². The van der Waals surface area contributed by atoms with Gasteiger partial charge >= 0.3 is 11.7 Å². The van der Waals surface area contributed by atoms with Crippen LogP contribution in [0.3, 0.4) is 0 Å². The Morgan fingerprint density at radius 2 is 2.00 bits per heavy atom. The SMILES string of the molecule is COc1c(OC(C)=O)ccc([C@H]2NC(=O)c3c(sc(C)c3C)N2)c1[N+](=O)[O-]. The molecular formula is C17H17N3O6S. The number of amides is 1. The third-order valence-corrected chi connectivity index (χ3v) is 5.38. The van der Waals surface area contributed by atoms with E-state index in [1.807, 2.05) is 13.8 Å². The Balaban J connectivity index is 2.10. The Morgan fingerprint density at radius 1 is 1.30 bits per heavy atom. The van der Waals surface area contributed by atoms with E-state index in [1.54, 1.807) is 0 Å². The minimum atomic E-state index is -0.830. The second-order valence-corrected chi connectivity index (χ2v) is 7.15. The number of fused-ring (bicyclic) bond motifs is 1. The number of methoxy groups -OCH3 is 1. The van der Waals surface area contributed by atoms with Gasteiger partial charge in [-0.3, -0.25) is 19.7 Å². The molecule has 1 aliphatic heterocycles. The summed E-state index contributed by atoms with van der Waals surface area (Å²) in [6.07, 6.45) is -0.830. The maximum Gasteiger partial charge on any atom is 0.322 e. The number of nitrogens with zero attached hydrogens (tertiary/aromatic N) is 1. The number of ether oxygens (including phenoxy) is 2. The summed E-state index contributed by atoms with van der Waals surface area (Å²) < 4.78 is 10.1. The van der Waals surface area contributed by atoms with Gasteiger partial charge in [-0.1, -0.05) is 0 Å². The molecule has 0 saturated heterocycles. The largest absolute Gasteiger partial charge is 0.488 e. The number of anilines is 1. The van der Waals surface area contributed by atoms with E-state index < -0.39 is 17.1 Å². The zero-order chi connectivity index (χ0) is 19.9.